The molecular weight excluding hydrogens is 363 g/mol. The van der Waals surface area contributed by atoms with Gasteiger partial charge in [-0.2, -0.15) is 0 Å². The minimum Gasteiger partial charge on any atom is -0.347 e. The van der Waals surface area contributed by atoms with Crippen LogP contribution in [0.3, 0.4) is 0 Å². The van der Waals surface area contributed by atoms with E-state index in [9.17, 15) is 14.0 Å². The van der Waals surface area contributed by atoms with Gasteiger partial charge in [-0.05, 0) is 48.4 Å². The molecule has 23 heavy (non-hydrogen) atoms. The van der Waals surface area contributed by atoms with Crippen molar-refractivity contribution < 1.29 is 14.0 Å². The highest BCUT2D eigenvalue weighted by atomic mass is 79.9. The molecule has 0 aliphatic heterocycles. The van der Waals surface area contributed by atoms with Crippen LogP contribution in [0.4, 0.5) is 10.1 Å². The normalized spacial score (nSPS) is 10.2. The van der Waals surface area contributed by atoms with E-state index in [1.54, 1.807) is 18.2 Å². The molecule has 0 aromatic heterocycles. The maximum absolute atomic E-state index is 12.8. The second-order valence-electron chi connectivity index (χ2n) is 5.09. The first-order valence-electron chi connectivity index (χ1n) is 7.01. The second-order valence-corrected chi connectivity index (χ2v) is 5.95. The van der Waals surface area contributed by atoms with Crippen LogP contribution in [0.15, 0.2) is 46.9 Å². The van der Waals surface area contributed by atoms with E-state index < -0.39 is 0 Å². The van der Waals surface area contributed by atoms with E-state index in [4.69, 9.17) is 0 Å². The average Bonchev–Trinajstić information content (AvgIpc) is 2.51. The first-order valence-corrected chi connectivity index (χ1v) is 7.80. The Labute approximate surface area is 142 Å². The van der Waals surface area contributed by atoms with Gasteiger partial charge in [0.15, 0.2) is 0 Å². The number of benzene rings is 2. The molecule has 0 saturated carbocycles. The van der Waals surface area contributed by atoms with E-state index in [0.29, 0.717) is 11.3 Å². The van der Waals surface area contributed by atoms with Gasteiger partial charge in [-0.15, -0.1) is 0 Å². The summed E-state index contributed by atoms with van der Waals surface area (Å²) in [5, 5.41) is 5.25. The van der Waals surface area contributed by atoms with Gasteiger partial charge < -0.3 is 10.6 Å². The van der Waals surface area contributed by atoms with Crippen molar-refractivity contribution >= 4 is 33.4 Å². The number of hydrogen-bond acceptors (Lipinski definition) is 2. The molecule has 2 aromatic rings. The van der Waals surface area contributed by atoms with Crippen molar-refractivity contribution in [2.75, 3.05) is 11.9 Å². The molecule has 0 spiro atoms. The Morgan fingerprint density at radius 1 is 1.09 bits per heavy atom. The lowest BCUT2D eigenvalue weighted by Gasteiger charge is -2.08. The smallest absolute Gasteiger partial charge is 0.243 e. The van der Waals surface area contributed by atoms with Crippen molar-refractivity contribution in [2.24, 2.45) is 0 Å². The van der Waals surface area contributed by atoms with Crippen LogP contribution in [0.2, 0.25) is 0 Å². The van der Waals surface area contributed by atoms with Crippen molar-refractivity contribution in [1.29, 1.82) is 0 Å². The highest BCUT2D eigenvalue weighted by Crippen LogP contribution is 2.19. The zero-order valence-electron chi connectivity index (χ0n) is 12.5. The fourth-order valence-corrected chi connectivity index (χ4v) is 2.20. The summed E-state index contributed by atoms with van der Waals surface area (Å²) in [6, 6.07) is 11.1. The van der Waals surface area contributed by atoms with Gasteiger partial charge >= 0.3 is 0 Å². The summed E-state index contributed by atoms with van der Waals surface area (Å²) in [5.41, 5.74) is 2.36. The third-order valence-electron chi connectivity index (χ3n) is 3.17. The van der Waals surface area contributed by atoms with Crippen LogP contribution in [0.25, 0.3) is 0 Å². The summed E-state index contributed by atoms with van der Waals surface area (Å²) in [7, 11) is 0. The third-order valence-corrected chi connectivity index (χ3v) is 4.06. The molecule has 2 rings (SSSR count). The van der Waals surface area contributed by atoms with Crippen molar-refractivity contribution in [2.45, 2.75) is 13.3 Å². The molecule has 120 valence electrons. The highest BCUT2D eigenvalue weighted by molar-refractivity contribution is 9.10. The van der Waals surface area contributed by atoms with E-state index in [2.05, 4.69) is 26.6 Å². The maximum Gasteiger partial charge on any atom is 0.243 e. The SMILES string of the molecule is Cc1cc(NC(=O)CNC(=O)Cc2ccc(F)cc2)ccc1Br. The van der Waals surface area contributed by atoms with Gasteiger partial charge in [-0.1, -0.05) is 28.1 Å². The molecule has 2 aromatic carbocycles. The molecule has 0 saturated heterocycles. The quantitative estimate of drug-likeness (QED) is 0.839. The number of amides is 2. The van der Waals surface area contributed by atoms with Crippen LogP contribution in [-0.4, -0.2) is 18.4 Å². The zero-order valence-corrected chi connectivity index (χ0v) is 14.1. The minimum absolute atomic E-state index is 0.102. The molecule has 6 heteroatoms. The zero-order chi connectivity index (χ0) is 16.8. The lowest BCUT2D eigenvalue weighted by atomic mass is 10.1. The van der Waals surface area contributed by atoms with Crippen LogP contribution in [0.5, 0.6) is 0 Å². The van der Waals surface area contributed by atoms with Gasteiger partial charge in [-0.3, -0.25) is 9.59 Å². The molecule has 4 nitrogen and oxygen atoms in total. The molecule has 2 amide bonds. The minimum atomic E-state index is -0.349. The number of rotatable bonds is 5. The molecule has 0 unspecified atom stereocenters. The Balaban J connectivity index is 1.80. The molecule has 0 atom stereocenters. The monoisotopic (exact) mass is 378 g/mol. The Kier molecular flexibility index (Phi) is 5.87. The number of carbonyl (C=O) groups is 2. The van der Waals surface area contributed by atoms with Gasteiger partial charge in [0.2, 0.25) is 11.8 Å². The summed E-state index contributed by atoms with van der Waals surface area (Å²) in [5.74, 6) is -0.948. The topological polar surface area (TPSA) is 58.2 Å². The fourth-order valence-electron chi connectivity index (χ4n) is 1.96. The number of aryl methyl sites for hydroxylation is 1. The Hall–Kier alpha value is -2.21. The number of anilines is 1. The van der Waals surface area contributed by atoms with E-state index in [1.807, 2.05) is 19.1 Å². The lowest BCUT2D eigenvalue weighted by Crippen LogP contribution is -2.33. The molecule has 0 heterocycles. The summed E-state index contributed by atoms with van der Waals surface area (Å²) in [6.45, 7) is 1.80. The molecule has 0 bridgehead atoms. The number of nitrogens with one attached hydrogen (secondary N) is 2. The lowest BCUT2D eigenvalue weighted by molar-refractivity contribution is -0.123. The Bertz CT molecular complexity index is 717. The van der Waals surface area contributed by atoms with Gasteiger partial charge in [0, 0.05) is 10.2 Å². The first kappa shape index (κ1) is 17.1. The summed E-state index contributed by atoms with van der Waals surface area (Å²) in [6.07, 6.45) is 0.102. The van der Waals surface area contributed by atoms with Gasteiger partial charge in [0.1, 0.15) is 5.82 Å². The first-order chi connectivity index (χ1) is 10.9. The van der Waals surface area contributed by atoms with Crippen molar-refractivity contribution in [3.8, 4) is 0 Å². The van der Waals surface area contributed by atoms with Crippen LogP contribution < -0.4 is 10.6 Å². The van der Waals surface area contributed by atoms with Crippen molar-refractivity contribution in [3.63, 3.8) is 0 Å². The standard InChI is InChI=1S/C17H16BrFN2O2/c1-11-8-14(6-7-15(11)18)21-17(23)10-20-16(22)9-12-2-4-13(19)5-3-12/h2-8H,9-10H2,1H3,(H,20,22)(H,21,23). The number of carbonyl (C=O) groups excluding carboxylic acids is 2. The predicted octanol–water partition coefficient (Wildman–Crippen LogP) is 3.19. The Morgan fingerprint density at radius 2 is 1.78 bits per heavy atom. The maximum atomic E-state index is 12.8. The van der Waals surface area contributed by atoms with Crippen molar-refractivity contribution in [1.82, 2.24) is 5.32 Å². The third kappa shape index (κ3) is 5.49. The van der Waals surface area contributed by atoms with E-state index in [-0.39, 0.29) is 30.6 Å². The van der Waals surface area contributed by atoms with E-state index >= 15 is 0 Å². The summed E-state index contributed by atoms with van der Waals surface area (Å²) in [4.78, 5) is 23.6. The van der Waals surface area contributed by atoms with Crippen LogP contribution in [0, 0.1) is 12.7 Å². The molecule has 0 fully saturated rings. The molecule has 2 N–H and O–H groups in total. The van der Waals surface area contributed by atoms with Crippen LogP contribution in [0.1, 0.15) is 11.1 Å². The van der Waals surface area contributed by atoms with Crippen LogP contribution >= 0.6 is 15.9 Å². The molecule has 0 aliphatic rings. The van der Waals surface area contributed by atoms with Gasteiger partial charge in [0.05, 0.1) is 13.0 Å². The van der Waals surface area contributed by atoms with Gasteiger partial charge in [-0.25, -0.2) is 4.39 Å². The predicted molar refractivity (Wildman–Crippen MR) is 90.6 cm³/mol. The largest absolute Gasteiger partial charge is 0.347 e. The summed E-state index contributed by atoms with van der Waals surface area (Å²) < 4.78 is 13.7. The highest BCUT2D eigenvalue weighted by Gasteiger charge is 2.07. The fraction of sp³-hybridized carbons (Fsp3) is 0.176. The van der Waals surface area contributed by atoms with Gasteiger partial charge in [0.25, 0.3) is 0 Å². The Morgan fingerprint density at radius 3 is 2.43 bits per heavy atom. The van der Waals surface area contributed by atoms with Crippen LogP contribution in [-0.2, 0) is 16.0 Å². The second kappa shape index (κ2) is 7.87. The molecule has 0 aliphatic carbocycles. The van der Waals surface area contributed by atoms with E-state index in [0.717, 1.165) is 10.0 Å². The number of hydrogen-bond donors (Lipinski definition) is 2. The number of halogens is 2. The average molecular weight is 379 g/mol. The van der Waals surface area contributed by atoms with Crippen molar-refractivity contribution in [3.05, 3.63) is 63.9 Å². The summed E-state index contributed by atoms with van der Waals surface area (Å²) >= 11 is 3.39. The molecular formula is C17H16BrFN2O2. The molecule has 0 radical (unpaired) electrons. The van der Waals surface area contributed by atoms with E-state index in [1.165, 1.54) is 12.1 Å².